The number of anilines is 3. The summed E-state index contributed by atoms with van der Waals surface area (Å²) >= 11 is 1.65. The maximum Gasteiger partial charge on any atom is 0.145 e. The van der Waals surface area contributed by atoms with E-state index in [1.165, 1.54) is 10.9 Å². The molecule has 1 N–H and O–H groups in total. The van der Waals surface area contributed by atoms with Gasteiger partial charge in [-0.05, 0) is 69.0 Å². The van der Waals surface area contributed by atoms with Crippen LogP contribution in [-0.2, 0) is 21.1 Å². The molecule has 0 unspecified atom stereocenters. The summed E-state index contributed by atoms with van der Waals surface area (Å²) in [7, 11) is 0. The molecule has 0 atom stereocenters. The molecule has 0 spiro atoms. The van der Waals surface area contributed by atoms with Crippen LogP contribution in [0, 0.1) is 19.1 Å². The molecular weight excluding hydrogens is 708 g/mol. The van der Waals surface area contributed by atoms with Crippen LogP contribution in [0.5, 0.6) is 0 Å². The third-order valence-electron chi connectivity index (χ3n) is 7.04. The summed E-state index contributed by atoms with van der Waals surface area (Å²) < 4.78 is 2.21. The Labute approximate surface area is 258 Å². The zero-order valence-corrected chi connectivity index (χ0v) is 26.3. The molecule has 1 aliphatic heterocycles. The second-order valence-corrected chi connectivity index (χ2v) is 12.1. The van der Waals surface area contributed by atoms with Gasteiger partial charge in [0.1, 0.15) is 22.7 Å². The number of aryl methyl sites for hydroxylation is 1. The van der Waals surface area contributed by atoms with Gasteiger partial charge >= 0.3 is 0 Å². The fraction of sp³-hybridized carbons (Fsp3) is 0.147. The van der Waals surface area contributed by atoms with Crippen molar-refractivity contribution in [1.82, 2.24) is 9.55 Å². The number of nitrogens with zero attached hydrogens (tertiary/aromatic N) is 4. The van der Waals surface area contributed by atoms with Gasteiger partial charge in [0.25, 0.3) is 0 Å². The molecule has 0 amide bonds. The predicted octanol–water partition coefficient (Wildman–Crippen LogP) is 8.83. The minimum atomic E-state index is -0.147. The predicted molar refractivity (Wildman–Crippen MR) is 164 cm³/mol. The van der Waals surface area contributed by atoms with Gasteiger partial charge in [0.15, 0.2) is 0 Å². The first-order chi connectivity index (χ1) is 19.4. The molecule has 5 nitrogen and oxygen atoms in total. The molecule has 0 fully saturated rings. The molecule has 0 saturated carbocycles. The summed E-state index contributed by atoms with van der Waals surface area (Å²) in [6.07, 6.45) is 1.87. The van der Waals surface area contributed by atoms with Crippen molar-refractivity contribution in [2.24, 2.45) is 0 Å². The maximum absolute atomic E-state index is 4.97. The van der Waals surface area contributed by atoms with E-state index < -0.39 is 0 Å². The van der Waals surface area contributed by atoms with Gasteiger partial charge in [-0.15, -0.1) is 55.3 Å². The van der Waals surface area contributed by atoms with E-state index in [0.717, 1.165) is 49.1 Å². The van der Waals surface area contributed by atoms with Crippen LogP contribution in [0.25, 0.3) is 27.6 Å². The summed E-state index contributed by atoms with van der Waals surface area (Å²) in [6.45, 7) is 8.61. The molecule has 1 aliphatic rings. The van der Waals surface area contributed by atoms with Gasteiger partial charge in [-0.1, -0.05) is 35.8 Å². The van der Waals surface area contributed by atoms with Crippen LogP contribution in [0.1, 0.15) is 26.3 Å². The van der Waals surface area contributed by atoms with Gasteiger partial charge in [-0.25, -0.2) is 4.98 Å². The quantitative estimate of drug-likeness (QED) is 0.134. The Morgan fingerprint density at radius 2 is 1.54 bits per heavy atom. The number of aromatic nitrogens is 2. The number of hydrogen-bond acceptors (Lipinski definition) is 4. The van der Waals surface area contributed by atoms with Crippen LogP contribution in [0.15, 0.2) is 107 Å². The number of hydroxylamine groups is 1. The number of pyridine rings is 1. The van der Waals surface area contributed by atoms with Crippen molar-refractivity contribution < 1.29 is 26.0 Å². The van der Waals surface area contributed by atoms with Crippen LogP contribution in [0.3, 0.4) is 0 Å². The second kappa shape index (κ2) is 10.7. The van der Waals surface area contributed by atoms with E-state index in [2.05, 4.69) is 134 Å². The number of para-hydroxylation sites is 3. The number of hydrogen-bond donors (Lipinski definition) is 0. The Hall–Kier alpha value is -3.57. The van der Waals surface area contributed by atoms with Crippen molar-refractivity contribution in [3.05, 3.63) is 115 Å². The van der Waals surface area contributed by atoms with Crippen molar-refractivity contribution >= 4 is 50.6 Å². The topological polar surface area (TPSA) is 37.1 Å². The zero-order valence-electron chi connectivity index (χ0n) is 23.2. The van der Waals surface area contributed by atoms with Crippen LogP contribution in [-0.4, -0.2) is 20.0 Å². The van der Waals surface area contributed by atoms with E-state index in [4.69, 9.17) is 9.92 Å². The Kier molecular flexibility index (Phi) is 7.19. The van der Waals surface area contributed by atoms with Gasteiger partial charge in [0.2, 0.25) is 0 Å². The summed E-state index contributed by atoms with van der Waals surface area (Å²) in [5, 5.41) is 6.42. The third kappa shape index (κ3) is 4.95. The van der Waals surface area contributed by atoms with E-state index in [0.29, 0.717) is 0 Å². The fourth-order valence-electron chi connectivity index (χ4n) is 5.23. The van der Waals surface area contributed by atoms with E-state index in [-0.39, 0.29) is 26.6 Å². The molecule has 6 aromatic rings. The average molecular weight is 737 g/mol. The van der Waals surface area contributed by atoms with Crippen molar-refractivity contribution in [1.29, 1.82) is 0 Å². The molecule has 0 bridgehead atoms. The van der Waals surface area contributed by atoms with Crippen LogP contribution >= 0.6 is 11.8 Å². The molecule has 7 heteroatoms. The maximum atomic E-state index is 4.97. The number of benzene rings is 4. The third-order valence-corrected chi connectivity index (χ3v) is 7.96. The molecule has 0 radical (unpaired) electrons. The Balaban J connectivity index is 0.00000302. The van der Waals surface area contributed by atoms with E-state index in [1.54, 1.807) is 11.8 Å². The fourth-order valence-corrected chi connectivity index (χ4v) is 6.06. The van der Waals surface area contributed by atoms with Gasteiger partial charge < -0.3 is 4.57 Å². The van der Waals surface area contributed by atoms with Crippen LogP contribution in [0.4, 0.5) is 17.1 Å². The normalized spacial score (nSPS) is 13.1. The van der Waals surface area contributed by atoms with Gasteiger partial charge in [0.05, 0.1) is 0 Å². The summed E-state index contributed by atoms with van der Waals surface area (Å²) in [6, 6.07) is 38.8. The van der Waals surface area contributed by atoms with E-state index in [1.807, 2.05) is 17.3 Å². The Morgan fingerprint density at radius 3 is 2.34 bits per heavy atom. The molecule has 7 rings (SSSR count). The van der Waals surface area contributed by atoms with Gasteiger partial charge in [0, 0.05) is 38.5 Å². The zero-order chi connectivity index (χ0) is 27.4. The molecule has 3 heterocycles. The molecule has 4 aromatic carbocycles. The Morgan fingerprint density at radius 1 is 0.780 bits per heavy atom. The largest absolute Gasteiger partial charge is 0.319 e. The SMILES string of the molecule is Cc1ccnc(-n2c3[c-]c(Sc4[c-]c(N5[OH+]N(C(C)(C)C)c6ccccc65)ccc4)ccc3c3ccccc32)c1.[Pt]. The summed E-state index contributed by atoms with van der Waals surface area (Å²) in [5.41, 5.74) is 6.23. The van der Waals surface area contributed by atoms with Gasteiger partial charge in [-0.3, -0.25) is 0 Å². The number of fused-ring (bicyclic) bond motifs is 4. The first kappa shape index (κ1) is 27.6. The average Bonchev–Trinajstić information content (AvgIpc) is 3.50. The van der Waals surface area contributed by atoms with Crippen molar-refractivity contribution in [3.63, 3.8) is 0 Å². The van der Waals surface area contributed by atoms with Crippen molar-refractivity contribution in [3.8, 4) is 5.82 Å². The summed E-state index contributed by atoms with van der Waals surface area (Å²) in [4.78, 5) is 11.7. The molecule has 41 heavy (non-hydrogen) atoms. The van der Waals surface area contributed by atoms with Crippen LogP contribution in [0.2, 0.25) is 0 Å². The Bertz CT molecular complexity index is 1890. The first-order valence-corrected chi connectivity index (χ1v) is 14.2. The van der Waals surface area contributed by atoms with Crippen molar-refractivity contribution in [2.45, 2.75) is 43.0 Å². The number of rotatable bonds is 4. The smallest absolute Gasteiger partial charge is 0.145 e. The molecule has 208 valence electrons. The van der Waals surface area contributed by atoms with Crippen LogP contribution < -0.4 is 10.1 Å². The molecular formula is C34H29N4OPtS-. The minimum absolute atomic E-state index is 0. The molecule has 0 aliphatic carbocycles. The second-order valence-electron chi connectivity index (χ2n) is 11.0. The van der Waals surface area contributed by atoms with Gasteiger partial charge in [-0.2, -0.15) is 29.2 Å². The monoisotopic (exact) mass is 736 g/mol. The molecule has 0 saturated heterocycles. The summed E-state index contributed by atoms with van der Waals surface area (Å²) in [5.74, 6) is 0.899. The standard InChI is InChI=1S/C34H28N4OS.Pt/c1-23-18-19-35-33(20-23)36-29-13-6-5-12-27(29)28-17-16-26(22-32(28)36)40-25-11-9-10-24(21-25)37-30-14-7-8-15-31(30)38(39-37)34(2,3)4;/h5-20H,1-4H3;/q-2;/p+1. The van der Waals surface area contributed by atoms with E-state index in [9.17, 15) is 0 Å². The van der Waals surface area contributed by atoms with E-state index >= 15 is 0 Å². The minimum Gasteiger partial charge on any atom is -0.319 e. The molecule has 2 aromatic heterocycles. The first-order valence-electron chi connectivity index (χ1n) is 13.4. The van der Waals surface area contributed by atoms with Crippen molar-refractivity contribution in [2.75, 3.05) is 10.1 Å².